The van der Waals surface area contributed by atoms with Gasteiger partial charge in [0.1, 0.15) is 0 Å². The molecule has 0 bridgehead atoms. The minimum atomic E-state index is -0.288. The van der Waals surface area contributed by atoms with E-state index in [0.717, 1.165) is 49.5 Å². The summed E-state index contributed by atoms with van der Waals surface area (Å²) in [6, 6.07) is 20.0. The first-order chi connectivity index (χ1) is 17.4. The van der Waals surface area contributed by atoms with Crippen LogP contribution in [0.3, 0.4) is 0 Å². The highest BCUT2D eigenvalue weighted by Crippen LogP contribution is 2.26. The number of piperazine rings is 1. The van der Waals surface area contributed by atoms with Gasteiger partial charge in [-0.05, 0) is 67.1 Å². The quantitative estimate of drug-likeness (QED) is 0.534. The molecule has 7 nitrogen and oxygen atoms in total. The van der Waals surface area contributed by atoms with Crippen LogP contribution in [0.4, 0.5) is 11.4 Å². The van der Waals surface area contributed by atoms with Crippen molar-refractivity contribution in [1.82, 2.24) is 9.80 Å². The highest BCUT2D eigenvalue weighted by Gasteiger charge is 2.34. The molecule has 1 fully saturated rings. The summed E-state index contributed by atoms with van der Waals surface area (Å²) >= 11 is 0. The molecular weight excluding hydrogens is 452 g/mol. The van der Waals surface area contributed by atoms with Crippen molar-refractivity contribution in [2.45, 2.75) is 20.4 Å². The maximum atomic E-state index is 12.9. The average Bonchev–Trinajstić information content (AvgIpc) is 3.15. The first-order valence-electron chi connectivity index (χ1n) is 12.4. The molecule has 0 radical (unpaired) electrons. The Bertz CT molecular complexity index is 1280. The first-order valence-corrected chi connectivity index (χ1v) is 12.4. The molecule has 0 aromatic heterocycles. The number of nitrogens with zero attached hydrogens (tertiary/aromatic N) is 3. The fraction of sp³-hybridized carbons (Fsp3) is 0.276. The smallest absolute Gasteiger partial charge is 0.261 e. The maximum absolute atomic E-state index is 12.9. The third kappa shape index (κ3) is 4.62. The lowest BCUT2D eigenvalue weighted by molar-refractivity contribution is 0.0642. The lowest BCUT2D eigenvalue weighted by Gasteiger charge is -2.35. The molecule has 1 saturated heterocycles. The van der Waals surface area contributed by atoms with Crippen LogP contribution in [0.5, 0.6) is 0 Å². The van der Waals surface area contributed by atoms with E-state index < -0.39 is 0 Å². The summed E-state index contributed by atoms with van der Waals surface area (Å²) in [7, 11) is 0. The van der Waals surface area contributed by atoms with Crippen LogP contribution in [0.25, 0.3) is 0 Å². The predicted octanol–water partition coefficient (Wildman–Crippen LogP) is 4.19. The Balaban J connectivity index is 1.21. The standard InChI is InChI=1S/C29H30N4O3/c1-3-31-14-16-32(17-15-31)23-12-13-26(20(2)18-23)30-27(34)22-10-8-21(9-11-22)19-33-28(35)24-6-4-5-7-25(24)29(33)36/h4-13,18H,3,14-17,19H2,1-2H3,(H,30,34). The van der Waals surface area contributed by atoms with Gasteiger partial charge in [-0.1, -0.05) is 31.2 Å². The zero-order chi connectivity index (χ0) is 25.2. The third-order valence-corrected chi connectivity index (χ3v) is 7.08. The van der Waals surface area contributed by atoms with Crippen molar-refractivity contribution in [2.24, 2.45) is 0 Å². The van der Waals surface area contributed by atoms with E-state index in [1.54, 1.807) is 48.5 Å². The fourth-order valence-electron chi connectivity index (χ4n) is 4.83. The summed E-state index contributed by atoms with van der Waals surface area (Å²) in [5, 5.41) is 3.01. The Morgan fingerprint density at radius 3 is 2.08 bits per heavy atom. The number of carbonyl (C=O) groups excluding carboxylic acids is 3. The number of fused-ring (bicyclic) bond motifs is 1. The first kappa shape index (κ1) is 23.8. The van der Waals surface area contributed by atoms with E-state index in [2.05, 4.69) is 34.2 Å². The van der Waals surface area contributed by atoms with E-state index in [1.807, 2.05) is 13.0 Å². The van der Waals surface area contributed by atoms with Crippen LogP contribution in [0.1, 0.15) is 49.1 Å². The number of hydrogen-bond donors (Lipinski definition) is 1. The van der Waals surface area contributed by atoms with E-state index in [4.69, 9.17) is 0 Å². The van der Waals surface area contributed by atoms with Crippen molar-refractivity contribution >= 4 is 29.1 Å². The Labute approximate surface area is 211 Å². The number of benzene rings is 3. The summed E-state index contributed by atoms with van der Waals surface area (Å²) in [6.07, 6.45) is 0. The minimum absolute atomic E-state index is 0.168. The Morgan fingerprint density at radius 1 is 0.861 bits per heavy atom. The lowest BCUT2D eigenvalue weighted by atomic mass is 10.1. The van der Waals surface area contributed by atoms with Crippen molar-refractivity contribution in [3.05, 3.63) is 94.5 Å². The predicted molar refractivity (Wildman–Crippen MR) is 141 cm³/mol. The highest BCUT2D eigenvalue weighted by molar-refractivity contribution is 6.21. The van der Waals surface area contributed by atoms with Crippen LogP contribution >= 0.6 is 0 Å². The number of amides is 3. The molecule has 7 heteroatoms. The molecular formula is C29H30N4O3. The maximum Gasteiger partial charge on any atom is 0.261 e. The molecule has 0 saturated carbocycles. The van der Waals surface area contributed by atoms with Crippen LogP contribution < -0.4 is 10.2 Å². The van der Waals surface area contributed by atoms with E-state index in [-0.39, 0.29) is 24.3 Å². The number of likely N-dealkylation sites (N-methyl/N-ethyl adjacent to an activating group) is 1. The summed E-state index contributed by atoms with van der Waals surface area (Å²) in [6.45, 7) is 9.60. The number of nitrogens with one attached hydrogen (secondary N) is 1. The van der Waals surface area contributed by atoms with Gasteiger partial charge in [-0.3, -0.25) is 19.3 Å². The van der Waals surface area contributed by atoms with Gasteiger partial charge >= 0.3 is 0 Å². The van der Waals surface area contributed by atoms with Crippen LogP contribution in [0, 0.1) is 6.92 Å². The summed E-state index contributed by atoms with van der Waals surface area (Å²) in [4.78, 5) is 44.2. The third-order valence-electron chi connectivity index (χ3n) is 7.08. The molecule has 0 spiro atoms. The summed E-state index contributed by atoms with van der Waals surface area (Å²) in [5.41, 5.74) is 5.14. The molecule has 3 amide bonds. The minimum Gasteiger partial charge on any atom is -0.369 e. The van der Waals surface area contributed by atoms with Gasteiger partial charge in [0.25, 0.3) is 17.7 Å². The molecule has 0 aliphatic carbocycles. The van der Waals surface area contributed by atoms with Crippen molar-refractivity contribution in [1.29, 1.82) is 0 Å². The zero-order valence-electron chi connectivity index (χ0n) is 20.7. The molecule has 3 aromatic rings. The van der Waals surface area contributed by atoms with Crippen molar-refractivity contribution in [3.63, 3.8) is 0 Å². The number of imide groups is 1. The van der Waals surface area contributed by atoms with Crippen LogP contribution in [-0.4, -0.2) is 60.2 Å². The normalized spacial score (nSPS) is 15.8. The summed E-state index contributed by atoms with van der Waals surface area (Å²) in [5.74, 6) is -0.776. The molecule has 5 rings (SSSR count). The average molecular weight is 483 g/mol. The second-order valence-electron chi connectivity index (χ2n) is 9.31. The van der Waals surface area contributed by atoms with Crippen molar-refractivity contribution < 1.29 is 14.4 Å². The van der Waals surface area contributed by atoms with Crippen LogP contribution in [0.15, 0.2) is 66.7 Å². The number of anilines is 2. The van der Waals surface area contributed by atoms with Crippen LogP contribution in [-0.2, 0) is 6.54 Å². The van der Waals surface area contributed by atoms with Crippen molar-refractivity contribution in [3.8, 4) is 0 Å². The van der Waals surface area contributed by atoms with E-state index in [1.165, 1.54) is 10.6 Å². The van der Waals surface area contributed by atoms with Crippen molar-refractivity contribution in [2.75, 3.05) is 42.9 Å². The number of aryl methyl sites for hydroxylation is 1. The number of hydrogen-bond acceptors (Lipinski definition) is 5. The summed E-state index contributed by atoms with van der Waals surface area (Å²) < 4.78 is 0. The topological polar surface area (TPSA) is 73.0 Å². The van der Waals surface area contributed by atoms with Gasteiger partial charge in [0.15, 0.2) is 0 Å². The fourth-order valence-corrected chi connectivity index (χ4v) is 4.83. The molecule has 184 valence electrons. The second kappa shape index (κ2) is 9.95. The molecule has 0 unspecified atom stereocenters. The molecule has 2 aliphatic rings. The van der Waals surface area contributed by atoms with Gasteiger partial charge in [-0.2, -0.15) is 0 Å². The Morgan fingerprint density at radius 2 is 1.50 bits per heavy atom. The monoisotopic (exact) mass is 482 g/mol. The molecule has 2 heterocycles. The second-order valence-corrected chi connectivity index (χ2v) is 9.31. The lowest BCUT2D eigenvalue weighted by Crippen LogP contribution is -2.46. The Hall–Kier alpha value is -3.97. The van der Waals surface area contributed by atoms with Gasteiger partial charge in [0, 0.05) is 43.1 Å². The number of carbonyl (C=O) groups is 3. The van der Waals surface area contributed by atoms with E-state index >= 15 is 0 Å². The molecule has 3 aromatic carbocycles. The highest BCUT2D eigenvalue weighted by atomic mass is 16.2. The van der Waals surface area contributed by atoms with Gasteiger partial charge in [0.2, 0.25) is 0 Å². The van der Waals surface area contributed by atoms with E-state index in [0.29, 0.717) is 16.7 Å². The van der Waals surface area contributed by atoms with Gasteiger partial charge in [-0.15, -0.1) is 0 Å². The molecule has 36 heavy (non-hydrogen) atoms. The molecule has 2 aliphatic heterocycles. The Kier molecular flexibility index (Phi) is 6.57. The zero-order valence-corrected chi connectivity index (χ0v) is 20.7. The van der Waals surface area contributed by atoms with Crippen LogP contribution in [0.2, 0.25) is 0 Å². The van der Waals surface area contributed by atoms with Gasteiger partial charge in [0.05, 0.1) is 17.7 Å². The largest absolute Gasteiger partial charge is 0.369 e. The molecule has 0 atom stereocenters. The van der Waals surface area contributed by atoms with E-state index in [9.17, 15) is 14.4 Å². The number of rotatable bonds is 6. The SMILES string of the molecule is CCN1CCN(c2ccc(NC(=O)c3ccc(CN4C(=O)c5ccccc5C4=O)cc3)c(C)c2)CC1. The van der Waals surface area contributed by atoms with Gasteiger partial charge < -0.3 is 15.1 Å². The van der Waals surface area contributed by atoms with Gasteiger partial charge in [-0.25, -0.2) is 0 Å². The molecule has 1 N–H and O–H groups in total.